The third-order valence-electron chi connectivity index (χ3n) is 5.35. The Morgan fingerprint density at radius 2 is 1.93 bits per heavy atom. The molecule has 1 aromatic heterocycles. The number of ether oxygens (including phenoxy) is 1. The fourth-order valence-electron chi connectivity index (χ4n) is 3.91. The van der Waals surface area contributed by atoms with Crippen LogP contribution in [0.2, 0.25) is 10.0 Å². The van der Waals surface area contributed by atoms with Crippen LogP contribution in [0.3, 0.4) is 0 Å². The first-order chi connectivity index (χ1) is 13.8. The molecule has 0 amide bonds. The number of nitrogens with one attached hydrogen (secondary N) is 1. The minimum Gasteiger partial charge on any atom is -0.496 e. The molecular formula is C21H17Cl2NO5. The van der Waals surface area contributed by atoms with Gasteiger partial charge in [-0.2, -0.15) is 0 Å². The van der Waals surface area contributed by atoms with Gasteiger partial charge in [0.05, 0.1) is 23.1 Å². The van der Waals surface area contributed by atoms with E-state index < -0.39 is 17.9 Å². The number of aromatic nitrogens is 1. The zero-order valence-electron chi connectivity index (χ0n) is 15.3. The van der Waals surface area contributed by atoms with E-state index in [0.717, 1.165) is 11.1 Å². The Morgan fingerprint density at radius 1 is 1.17 bits per heavy atom. The maximum absolute atomic E-state index is 11.9. The molecule has 4 rings (SSSR count). The van der Waals surface area contributed by atoms with Crippen LogP contribution in [0.5, 0.6) is 5.75 Å². The summed E-state index contributed by atoms with van der Waals surface area (Å²) in [4.78, 5) is 26.3. The maximum Gasteiger partial charge on any atom is 0.352 e. The molecule has 1 aliphatic carbocycles. The Labute approximate surface area is 176 Å². The van der Waals surface area contributed by atoms with Crippen LogP contribution in [-0.2, 0) is 11.2 Å². The molecule has 0 spiro atoms. The highest BCUT2D eigenvalue weighted by Gasteiger charge is 2.47. The molecule has 2 aromatic carbocycles. The van der Waals surface area contributed by atoms with Crippen LogP contribution in [0.1, 0.15) is 39.5 Å². The molecular weight excluding hydrogens is 417 g/mol. The van der Waals surface area contributed by atoms with Gasteiger partial charge in [-0.15, -0.1) is 0 Å². The van der Waals surface area contributed by atoms with E-state index in [1.165, 1.54) is 0 Å². The van der Waals surface area contributed by atoms with E-state index in [0.29, 0.717) is 45.1 Å². The summed E-state index contributed by atoms with van der Waals surface area (Å²) < 4.78 is 5.54. The number of carboxylic acid groups (broad SMARTS) is 2. The SMILES string of the molecule is COc1ccc2[nH]c(C(=O)O)c([C@@H]3C[C@H]3C(=O)O)c2c1Cc1ccc(Cl)c(Cl)c1. The number of aromatic amines is 1. The number of benzene rings is 2. The second-order valence-electron chi connectivity index (χ2n) is 7.10. The first-order valence-corrected chi connectivity index (χ1v) is 9.68. The summed E-state index contributed by atoms with van der Waals surface area (Å²) in [6, 6.07) is 8.81. The lowest BCUT2D eigenvalue weighted by molar-refractivity contribution is -0.138. The number of methoxy groups -OCH3 is 1. The molecule has 1 fully saturated rings. The van der Waals surface area contributed by atoms with Crippen LogP contribution >= 0.6 is 23.2 Å². The summed E-state index contributed by atoms with van der Waals surface area (Å²) in [6.07, 6.45) is 0.831. The highest BCUT2D eigenvalue weighted by atomic mass is 35.5. The van der Waals surface area contributed by atoms with Gasteiger partial charge in [0.15, 0.2) is 0 Å². The van der Waals surface area contributed by atoms with Gasteiger partial charge >= 0.3 is 11.9 Å². The van der Waals surface area contributed by atoms with Crippen molar-refractivity contribution in [2.75, 3.05) is 7.11 Å². The van der Waals surface area contributed by atoms with Gasteiger partial charge < -0.3 is 19.9 Å². The Morgan fingerprint density at radius 3 is 2.52 bits per heavy atom. The molecule has 150 valence electrons. The van der Waals surface area contributed by atoms with Crippen LogP contribution in [0.25, 0.3) is 10.9 Å². The van der Waals surface area contributed by atoms with Gasteiger partial charge in [0.2, 0.25) is 0 Å². The molecule has 3 aromatic rings. The number of rotatable bonds is 6. The number of carbonyl (C=O) groups is 2. The van der Waals surface area contributed by atoms with E-state index in [2.05, 4.69) is 4.98 Å². The summed E-state index contributed by atoms with van der Waals surface area (Å²) in [5.74, 6) is -2.39. The summed E-state index contributed by atoms with van der Waals surface area (Å²) >= 11 is 12.2. The number of H-pyrrole nitrogens is 1. The number of aromatic carboxylic acids is 1. The van der Waals surface area contributed by atoms with Crippen molar-refractivity contribution in [1.29, 1.82) is 0 Å². The van der Waals surface area contributed by atoms with Crippen LogP contribution in [-0.4, -0.2) is 34.2 Å². The summed E-state index contributed by atoms with van der Waals surface area (Å²) in [6.45, 7) is 0. The monoisotopic (exact) mass is 433 g/mol. The zero-order valence-corrected chi connectivity index (χ0v) is 16.8. The predicted octanol–water partition coefficient (Wildman–Crippen LogP) is 4.96. The van der Waals surface area contributed by atoms with Crippen LogP contribution in [0, 0.1) is 5.92 Å². The van der Waals surface area contributed by atoms with Crippen molar-refractivity contribution in [3.8, 4) is 5.75 Å². The molecule has 3 N–H and O–H groups in total. The smallest absolute Gasteiger partial charge is 0.352 e. The highest BCUT2D eigenvalue weighted by Crippen LogP contribution is 2.52. The van der Waals surface area contributed by atoms with Crippen molar-refractivity contribution < 1.29 is 24.5 Å². The number of hydrogen-bond donors (Lipinski definition) is 3. The predicted molar refractivity (Wildman–Crippen MR) is 110 cm³/mol. The van der Waals surface area contributed by atoms with Gasteiger partial charge in [-0.1, -0.05) is 29.3 Å². The van der Waals surface area contributed by atoms with Crippen molar-refractivity contribution in [3.63, 3.8) is 0 Å². The van der Waals surface area contributed by atoms with Crippen LogP contribution in [0.4, 0.5) is 0 Å². The van der Waals surface area contributed by atoms with Crippen molar-refractivity contribution >= 4 is 46.0 Å². The minimum atomic E-state index is -1.12. The van der Waals surface area contributed by atoms with Crippen molar-refractivity contribution in [3.05, 3.63) is 62.8 Å². The van der Waals surface area contributed by atoms with Crippen molar-refractivity contribution in [2.45, 2.75) is 18.8 Å². The Hall–Kier alpha value is -2.70. The molecule has 1 heterocycles. The Bertz CT molecular complexity index is 1150. The molecule has 0 aliphatic heterocycles. The van der Waals surface area contributed by atoms with Gasteiger partial charge in [0, 0.05) is 28.8 Å². The molecule has 8 heteroatoms. The van der Waals surface area contributed by atoms with Crippen LogP contribution < -0.4 is 4.74 Å². The summed E-state index contributed by atoms with van der Waals surface area (Å²) in [5.41, 5.74) is 2.83. The fraction of sp³-hybridized carbons (Fsp3) is 0.238. The Balaban J connectivity index is 1.93. The summed E-state index contributed by atoms with van der Waals surface area (Å²) in [5, 5.41) is 20.6. The molecule has 6 nitrogen and oxygen atoms in total. The molecule has 0 saturated heterocycles. The molecule has 0 bridgehead atoms. The average molecular weight is 434 g/mol. The lowest BCUT2D eigenvalue weighted by atomic mass is 9.95. The van der Waals surface area contributed by atoms with Gasteiger partial charge in [-0.05, 0) is 41.8 Å². The first-order valence-electron chi connectivity index (χ1n) is 8.93. The van der Waals surface area contributed by atoms with Gasteiger partial charge in [-0.25, -0.2) is 4.79 Å². The lowest BCUT2D eigenvalue weighted by Gasteiger charge is -2.13. The molecule has 2 atom stereocenters. The van der Waals surface area contributed by atoms with E-state index in [-0.39, 0.29) is 11.6 Å². The highest BCUT2D eigenvalue weighted by molar-refractivity contribution is 6.42. The second kappa shape index (κ2) is 7.28. The Kier molecular flexibility index (Phi) is 4.92. The molecule has 29 heavy (non-hydrogen) atoms. The lowest BCUT2D eigenvalue weighted by Crippen LogP contribution is -2.04. The quantitative estimate of drug-likeness (QED) is 0.509. The van der Waals surface area contributed by atoms with E-state index in [9.17, 15) is 19.8 Å². The van der Waals surface area contributed by atoms with Crippen molar-refractivity contribution in [1.82, 2.24) is 4.98 Å². The third kappa shape index (κ3) is 3.43. The molecule has 0 unspecified atom stereocenters. The number of carboxylic acids is 2. The topological polar surface area (TPSA) is 99.6 Å². The van der Waals surface area contributed by atoms with E-state index in [1.54, 1.807) is 31.4 Å². The first kappa shape index (κ1) is 19.6. The minimum absolute atomic E-state index is 0.0254. The maximum atomic E-state index is 11.9. The van der Waals surface area contributed by atoms with Gasteiger partial charge in [0.25, 0.3) is 0 Å². The van der Waals surface area contributed by atoms with Gasteiger partial charge in [0.1, 0.15) is 11.4 Å². The molecule has 1 saturated carbocycles. The standard InChI is InChI=1S/C21H17Cl2NO5/c1-29-16-5-4-15-17(12(16)6-9-2-3-13(22)14(23)7-9)18(19(24-15)21(27)28)10-8-11(10)20(25)26/h2-5,7,10-11,24H,6,8H2,1H3,(H,25,26)(H,27,28)/t10-,11-/m1/s1. The van der Waals surface area contributed by atoms with Crippen LogP contribution in [0.15, 0.2) is 30.3 Å². The number of halogens is 2. The van der Waals surface area contributed by atoms with E-state index >= 15 is 0 Å². The summed E-state index contributed by atoms with van der Waals surface area (Å²) in [7, 11) is 1.54. The van der Waals surface area contributed by atoms with E-state index in [4.69, 9.17) is 27.9 Å². The zero-order chi connectivity index (χ0) is 20.9. The largest absolute Gasteiger partial charge is 0.496 e. The average Bonchev–Trinajstić information content (AvgIpc) is 3.37. The second-order valence-corrected chi connectivity index (χ2v) is 7.91. The number of aliphatic carboxylic acids is 1. The molecule has 1 aliphatic rings. The van der Waals surface area contributed by atoms with Crippen molar-refractivity contribution in [2.24, 2.45) is 5.92 Å². The molecule has 0 radical (unpaired) electrons. The third-order valence-corrected chi connectivity index (χ3v) is 6.08. The fourth-order valence-corrected chi connectivity index (χ4v) is 4.24. The van der Waals surface area contributed by atoms with E-state index in [1.807, 2.05) is 6.07 Å². The van der Waals surface area contributed by atoms with Gasteiger partial charge in [-0.3, -0.25) is 4.79 Å². The normalized spacial score (nSPS) is 18.0. The number of hydrogen-bond acceptors (Lipinski definition) is 3. The number of fused-ring (bicyclic) bond motifs is 1.